The Morgan fingerprint density at radius 1 is 1.11 bits per heavy atom. The highest BCUT2D eigenvalue weighted by Crippen LogP contribution is 2.29. The molecule has 100 valence electrons. The molecule has 1 aliphatic carbocycles. The van der Waals surface area contributed by atoms with Crippen LogP contribution >= 0.6 is 23.2 Å². The van der Waals surface area contributed by atoms with Gasteiger partial charge in [-0.25, -0.2) is 0 Å². The van der Waals surface area contributed by atoms with Gasteiger partial charge in [0.1, 0.15) is 0 Å². The number of rotatable bonds is 3. The van der Waals surface area contributed by atoms with Gasteiger partial charge in [-0.1, -0.05) is 43.1 Å². The number of benzene rings is 1. The maximum Gasteiger partial charge on any atom is 0.0465 e. The highest BCUT2D eigenvalue weighted by Gasteiger charge is 2.23. The van der Waals surface area contributed by atoms with Gasteiger partial charge >= 0.3 is 0 Å². The van der Waals surface area contributed by atoms with Crippen molar-refractivity contribution in [2.45, 2.75) is 45.7 Å². The summed E-state index contributed by atoms with van der Waals surface area (Å²) in [6.07, 6.45) is 3.91. The lowest BCUT2D eigenvalue weighted by molar-refractivity contribution is 0.238. The maximum absolute atomic E-state index is 6.18. The predicted octanol–water partition coefficient (Wildman–Crippen LogP) is 4.91. The van der Waals surface area contributed by atoms with E-state index in [0.717, 1.165) is 29.0 Å². The van der Waals surface area contributed by atoms with E-state index in [9.17, 15) is 0 Å². The van der Waals surface area contributed by atoms with Gasteiger partial charge in [0.2, 0.25) is 0 Å². The van der Waals surface area contributed by atoms with Crippen molar-refractivity contribution in [3.8, 4) is 0 Å². The summed E-state index contributed by atoms with van der Waals surface area (Å²) in [6, 6.07) is 6.34. The molecule has 0 amide bonds. The first-order valence-corrected chi connectivity index (χ1v) is 7.47. The van der Waals surface area contributed by atoms with Gasteiger partial charge in [0.25, 0.3) is 0 Å². The van der Waals surface area contributed by atoms with E-state index in [1.165, 1.54) is 19.3 Å². The van der Waals surface area contributed by atoms with E-state index in [-0.39, 0.29) is 0 Å². The summed E-state index contributed by atoms with van der Waals surface area (Å²) in [5, 5.41) is 5.09. The lowest BCUT2D eigenvalue weighted by atomic mass is 9.80. The number of hydrogen-bond donors (Lipinski definition) is 1. The second-order valence-corrected chi connectivity index (χ2v) is 6.57. The van der Waals surface area contributed by atoms with Gasteiger partial charge in [0.15, 0.2) is 0 Å². The minimum atomic E-state index is 0.621. The summed E-state index contributed by atoms with van der Waals surface area (Å²) >= 11 is 12.1. The Morgan fingerprint density at radius 3 is 2.39 bits per heavy atom. The molecule has 1 aliphatic rings. The molecule has 0 aliphatic heterocycles. The van der Waals surface area contributed by atoms with E-state index in [0.29, 0.717) is 11.1 Å². The molecule has 1 fully saturated rings. The van der Waals surface area contributed by atoms with Crippen LogP contribution in [0.4, 0.5) is 0 Å². The smallest absolute Gasteiger partial charge is 0.0465 e. The normalized spacial score (nSPS) is 28.3. The molecule has 0 saturated heterocycles. The monoisotopic (exact) mass is 285 g/mol. The minimum absolute atomic E-state index is 0.621. The Morgan fingerprint density at radius 2 is 1.78 bits per heavy atom. The van der Waals surface area contributed by atoms with Crippen molar-refractivity contribution in [1.29, 1.82) is 0 Å². The number of nitrogens with one attached hydrogen (secondary N) is 1. The maximum atomic E-state index is 6.18. The van der Waals surface area contributed by atoms with Crippen LogP contribution in [0.25, 0.3) is 0 Å². The topological polar surface area (TPSA) is 12.0 Å². The van der Waals surface area contributed by atoms with Crippen LogP contribution in [0.5, 0.6) is 0 Å². The summed E-state index contributed by atoms with van der Waals surface area (Å²) in [7, 11) is 0. The quantitative estimate of drug-likeness (QED) is 0.832. The van der Waals surface area contributed by atoms with E-state index in [2.05, 4.69) is 19.2 Å². The van der Waals surface area contributed by atoms with E-state index < -0.39 is 0 Å². The molecule has 1 aromatic rings. The van der Waals surface area contributed by atoms with E-state index in [4.69, 9.17) is 23.2 Å². The second kappa shape index (κ2) is 6.27. The fourth-order valence-electron chi connectivity index (χ4n) is 3.03. The first kappa shape index (κ1) is 14.2. The molecule has 0 spiro atoms. The Hall–Kier alpha value is -0.240. The molecular weight excluding hydrogens is 265 g/mol. The molecule has 2 unspecified atom stereocenters. The Kier molecular flexibility index (Phi) is 4.94. The van der Waals surface area contributed by atoms with Crippen LogP contribution in [0.1, 0.15) is 38.7 Å². The zero-order chi connectivity index (χ0) is 13.1. The Labute approximate surface area is 120 Å². The fraction of sp³-hybridized carbons (Fsp3) is 0.600. The predicted molar refractivity (Wildman–Crippen MR) is 79.3 cm³/mol. The molecule has 1 nitrogen and oxygen atoms in total. The molecule has 2 atom stereocenters. The Balaban J connectivity index is 1.91. The van der Waals surface area contributed by atoms with Crippen LogP contribution in [0.15, 0.2) is 18.2 Å². The van der Waals surface area contributed by atoms with Crippen LogP contribution in [0.3, 0.4) is 0 Å². The third-order valence-corrected chi connectivity index (χ3v) is 4.36. The van der Waals surface area contributed by atoms with Crippen molar-refractivity contribution in [1.82, 2.24) is 5.32 Å². The van der Waals surface area contributed by atoms with Crippen LogP contribution < -0.4 is 5.32 Å². The van der Waals surface area contributed by atoms with Gasteiger partial charge in [-0.2, -0.15) is 0 Å². The van der Waals surface area contributed by atoms with Gasteiger partial charge in [-0.05, 0) is 48.8 Å². The third-order valence-electron chi connectivity index (χ3n) is 3.77. The second-order valence-electron chi connectivity index (χ2n) is 5.73. The molecule has 1 N–H and O–H groups in total. The number of halogens is 2. The Bertz CT molecular complexity index is 395. The minimum Gasteiger partial charge on any atom is -0.310 e. The highest BCUT2D eigenvalue weighted by atomic mass is 35.5. The van der Waals surface area contributed by atoms with Crippen molar-refractivity contribution in [2.24, 2.45) is 11.8 Å². The average Bonchev–Trinajstić information content (AvgIpc) is 2.26. The first-order chi connectivity index (χ1) is 8.54. The average molecular weight is 286 g/mol. The molecular formula is C15H21Cl2N. The van der Waals surface area contributed by atoms with Gasteiger partial charge in [-0.3, -0.25) is 0 Å². The van der Waals surface area contributed by atoms with Crippen LogP contribution in [0.2, 0.25) is 10.0 Å². The van der Waals surface area contributed by atoms with Crippen molar-refractivity contribution in [2.75, 3.05) is 0 Å². The van der Waals surface area contributed by atoms with Crippen molar-refractivity contribution in [3.05, 3.63) is 33.8 Å². The largest absolute Gasteiger partial charge is 0.310 e. The molecule has 0 bridgehead atoms. The molecule has 1 aromatic carbocycles. The summed E-state index contributed by atoms with van der Waals surface area (Å²) in [4.78, 5) is 0. The molecule has 0 aromatic heterocycles. The highest BCUT2D eigenvalue weighted by molar-refractivity contribution is 6.35. The van der Waals surface area contributed by atoms with Crippen LogP contribution in [-0.2, 0) is 6.54 Å². The molecule has 2 rings (SSSR count). The summed E-state index contributed by atoms with van der Waals surface area (Å²) in [6.45, 7) is 5.53. The third kappa shape index (κ3) is 3.88. The molecule has 3 heteroatoms. The van der Waals surface area contributed by atoms with Gasteiger partial charge < -0.3 is 5.32 Å². The van der Waals surface area contributed by atoms with Crippen LogP contribution in [0, 0.1) is 11.8 Å². The van der Waals surface area contributed by atoms with Gasteiger partial charge in [0.05, 0.1) is 0 Å². The van der Waals surface area contributed by atoms with E-state index in [1.807, 2.05) is 18.2 Å². The van der Waals surface area contributed by atoms with Crippen molar-refractivity contribution >= 4 is 23.2 Å². The SMILES string of the molecule is CC1CC(C)CC(NCc2ccc(Cl)cc2Cl)C1. The van der Waals surface area contributed by atoms with Crippen molar-refractivity contribution < 1.29 is 0 Å². The standard InChI is InChI=1S/C15H21Cl2N/c1-10-5-11(2)7-14(6-10)18-9-12-3-4-13(16)8-15(12)17/h3-4,8,10-11,14,18H,5-7,9H2,1-2H3. The zero-order valence-electron chi connectivity index (χ0n) is 11.0. The lowest BCUT2D eigenvalue weighted by Crippen LogP contribution is -2.35. The summed E-state index contributed by atoms with van der Waals surface area (Å²) in [5.41, 5.74) is 1.13. The van der Waals surface area contributed by atoms with Crippen molar-refractivity contribution in [3.63, 3.8) is 0 Å². The van der Waals surface area contributed by atoms with E-state index in [1.54, 1.807) is 0 Å². The first-order valence-electron chi connectivity index (χ1n) is 6.72. The van der Waals surface area contributed by atoms with Crippen LogP contribution in [-0.4, -0.2) is 6.04 Å². The summed E-state index contributed by atoms with van der Waals surface area (Å²) < 4.78 is 0. The van der Waals surface area contributed by atoms with Gasteiger partial charge in [0, 0.05) is 22.6 Å². The van der Waals surface area contributed by atoms with E-state index >= 15 is 0 Å². The van der Waals surface area contributed by atoms with Gasteiger partial charge in [-0.15, -0.1) is 0 Å². The molecule has 0 heterocycles. The zero-order valence-corrected chi connectivity index (χ0v) is 12.6. The molecule has 1 saturated carbocycles. The number of hydrogen-bond acceptors (Lipinski definition) is 1. The fourth-order valence-corrected chi connectivity index (χ4v) is 3.51. The lowest BCUT2D eigenvalue weighted by Gasteiger charge is -2.32. The molecule has 0 radical (unpaired) electrons. The summed E-state index contributed by atoms with van der Waals surface area (Å²) in [5.74, 6) is 1.65. The molecule has 18 heavy (non-hydrogen) atoms.